The molecule has 2 heterocycles. The molecule has 1 aliphatic rings. The third-order valence-corrected chi connectivity index (χ3v) is 3.32. The van der Waals surface area contributed by atoms with Crippen molar-refractivity contribution in [2.75, 3.05) is 31.1 Å². The minimum absolute atomic E-state index is 0.317. The highest BCUT2D eigenvalue weighted by atomic mass is 16.5. The molecule has 1 aromatic rings. The third kappa shape index (κ3) is 4.14. The van der Waals surface area contributed by atoms with E-state index in [4.69, 9.17) is 4.74 Å². The molecule has 0 saturated carbocycles. The summed E-state index contributed by atoms with van der Waals surface area (Å²) in [6.07, 6.45) is 6.18. The molecular weight excluding hydrogens is 240 g/mol. The fraction of sp³-hybridized carbons (Fsp3) is 0.714. The van der Waals surface area contributed by atoms with Crippen LogP contribution in [-0.4, -0.2) is 42.3 Å². The molecule has 1 atom stereocenters. The number of nitrogens with zero attached hydrogens (tertiary/aromatic N) is 3. The van der Waals surface area contributed by atoms with E-state index in [-0.39, 0.29) is 0 Å². The molecule has 1 saturated heterocycles. The lowest BCUT2D eigenvalue weighted by atomic mass is 10.2. The van der Waals surface area contributed by atoms with Crippen molar-refractivity contribution in [3.05, 3.63) is 18.1 Å². The summed E-state index contributed by atoms with van der Waals surface area (Å²) in [6.45, 7) is 8.71. The molecule has 0 bridgehead atoms. The first-order valence-electron chi connectivity index (χ1n) is 7.21. The predicted octanol–water partition coefficient (Wildman–Crippen LogP) is 1.59. The Hall–Kier alpha value is -1.20. The monoisotopic (exact) mass is 264 g/mol. The summed E-state index contributed by atoms with van der Waals surface area (Å²) in [5.41, 5.74) is 1.01. The smallest absolute Gasteiger partial charge is 0.147 e. The fourth-order valence-electron chi connectivity index (χ4n) is 2.20. The van der Waals surface area contributed by atoms with E-state index >= 15 is 0 Å². The maximum atomic E-state index is 5.69. The van der Waals surface area contributed by atoms with Gasteiger partial charge in [-0.25, -0.2) is 4.98 Å². The summed E-state index contributed by atoms with van der Waals surface area (Å²) >= 11 is 0. The maximum absolute atomic E-state index is 5.69. The van der Waals surface area contributed by atoms with Gasteiger partial charge in [0.05, 0.1) is 24.6 Å². The quantitative estimate of drug-likeness (QED) is 0.791. The average Bonchev–Trinajstić information content (AvgIpc) is 2.48. The molecule has 5 heteroatoms. The van der Waals surface area contributed by atoms with Crippen molar-refractivity contribution >= 4 is 5.82 Å². The molecule has 2 rings (SSSR count). The van der Waals surface area contributed by atoms with Crippen molar-refractivity contribution in [1.29, 1.82) is 0 Å². The second kappa shape index (κ2) is 7.40. The lowest BCUT2D eigenvalue weighted by Crippen LogP contribution is -2.42. The summed E-state index contributed by atoms with van der Waals surface area (Å²) in [4.78, 5) is 11.3. The van der Waals surface area contributed by atoms with Crippen molar-refractivity contribution in [3.8, 4) is 0 Å². The molecule has 1 aromatic heterocycles. The number of rotatable bonds is 6. The zero-order chi connectivity index (χ0) is 13.5. The molecule has 106 valence electrons. The van der Waals surface area contributed by atoms with Crippen LogP contribution in [0.15, 0.2) is 12.4 Å². The Kier molecular flexibility index (Phi) is 5.54. The Labute approximate surface area is 115 Å². The molecule has 0 aliphatic carbocycles. The SMILES string of the molecule is CCCNCc1cncc(N2CCOC(CC)C2)n1. The standard InChI is InChI=1S/C14H24N4O/c1-3-5-15-8-12-9-16-10-14(17-12)18-6-7-19-13(4-2)11-18/h9-10,13,15H,3-8,11H2,1-2H3. The van der Waals surface area contributed by atoms with Crippen LogP contribution in [-0.2, 0) is 11.3 Å². The summed E-state index contributed by atoms with van der Waals surface area (Å²) < 4.78 is 5.69. The summed E-state index contributed by atoms with van der Waals surface area (Å²) in [7, 11) is 0. The van der Waals surface area contributed by atoms with Crippen molar-refractivity contribution in [2.45, 2.75) is 39.3 Å². The van der Waals surface area contributed by atoms with Crippen molar-refractivity contribution in [1.82, 2.24) is 15.3 Å². The first-order valence-corrected chi connectivity index (χ1v) is 7.21. The molecule has 1 unspecified atom stereocenters. The van der Waals surface area contributed by atoms with E-state index in [1.54, 1.807) is 0 Å². The first kappa shape index (κ1) is 14.2. The van der Waals surface area contributed by atoms with Crippen LogP contribution in [0.25, 0.3) is 0 Å². The molecule has 0 radical (unpaired) electrons. The fourth-order valence-corrected chi connectivity index (χ4v) is 2.20. The number of morpholine rings is 1. The van der Waals surface area contributed by atoms with Crippen LogP contribution < -0.4 is 10.2 Å². The van der Waals surface area contributed by atoms with Crippen molar-refractivity contribution < 1.29 is 4.74 Å². The average molecular weight is 264 g/mol. The number of nitrogens with one attached hydrogen (secondary N) is 1. The lowest BCUT2D eigenvalue weighted by molar-refractivity contribution is 0.0381. The minimum Gasteiger partial charge on any atom is -0.375 e. The van der Waals surface area contributed by atoms with E-state index in [1.165, 1.54) is 0 Å². The van der Waals surface area contributed by atoms with Gasteiger partial charge in [0.2, 0.25) is 0 Å². The Morgan fingerprint density at radius 2 is 2.32 bits per heavy atom. The molecule has 0 aromatic carbocycles. The van der Waals surface area contributed by atoms with E-state index in [1.807, 2.05) is 12.4 Å². The number of hydrogen-bond acceptors (Lipinski definition) is 5. The van der Waals surface area contributed by atoms with Gasteiger partial charge in [-0.2, -0.15) is 0 Å². The van der Waals surface area contributed by atoms with E-state index in [0.29, 0.717) is 6.10 Å². The van der Waals surface area contributed by atoms with Gasteiger partial charge >= 0.3 is 0 Å². The first-order chi connectivity index (χ1) is 9.33. The van der Waals surface area contributed by atoms with Gasteiger partial charge in [-0.3, -0.25) is 4.98 Å². The minimum atomic E-state index is 0.317. The normalized spacial score (nSPS) is 19.7. The highest BCUT2D eigenvalue weighted by Crippen LogP contribution is 2.15. The predicted molar refractivity (Wildman–Crippen MR) is 76.3 cm³/mol. The zero-order valence-corrected chi connectivity index (χ0v) is 11.9. The van der Waals surface area contributed by atoms with Gasteiger partial charge in [0.25, 0.3) is 0 Å². The van der Waals surface area contributed by atoms with Gasteiger partial charge in [-0.05, 0) is 19.4 Å². The Bertz CT molecular complexity index is 385. The van der Waals surface area contributed by atoms with Crippen LogP contribution >= 0.6 is 0 Å². The van der Waals surface area contributed by atoms with Crippen LogP contribution in [0, 0.1) is 0 Å². The van der Waals surface area contributed by atoms with Gasteiger partial charge in [-0.1, -0.05) is 13.8 Å². The van der Waals surface area contributed by atoms with Crippen molar-refractivity contribution in [3.63, 3.8) is 0 Å². The molecular formula is C14H24N4O. The van der Waals surface area contributed by atoms with Gasteiger partial charge in [-0.15, -0.1) is 0 Å². The summed E-state index contributed by atoms with van der Waals surface area (Å²) in [6, 6.07) is 0. The lowest BCUT2D eigenvalue weighted by Gasteiger charge is -2.33. The van der Waals surface area contributed by atoms with Crippen molar-refractivity contribution in [2.24, 2.45) is 0 Å². The highest BCUT2D eigenvalue weighted by molar-refractivity contribution is 5.37. The number of ether oxygens (including phenoxy) is 1. The van der Waals surface area contributed by atoms with E-state index in [0.717, 1.165) is 57.1 Å². The molecule has 1 N–H and O–H groups in total. The largest absolute Gasteiger partial charge is 0.375 e. The molecule has 19 heavy (non-hydrogen) atoms. The topological polar surface area (TPSA) is 50.3 Å². The van der Waals surface area contributed by atoms with Crippen LogP contribution in [0.4, 0.5) is 5.82 Å². The summed E-state index contributed by atoms with van der Waals surface area (Å²) in [5, 5.41) is 3.36. The highest BCUT2D eigenvalue weighted by Gasteiger charge is 2.20. The third-order valence-electron chi connectivity index (χ3n) is 3.32. The van der Waals surface area contributed by atoms with Crippen LogP contribution in [0.5, 0.6) is 0 Å². The number of hydrogen-bond donors (Lipinski definition) is 1. The van der Waals surface area contributed by atoms with Crippen LogP contribution in [0.2, 0.25) is 0 Å². The summed E-state index contributed by atoms with van der Waals surface area (Å²) in [5.74, 6) is 0.970. The Morgan fingerprint density at radius 1 is 1.42 bits per heavy atom. The van der Waals surface area contributed by atoms with Gasteiger partial charge < -0.3 is 15.0 Å². The van der Waals surface area contributed by atoms with E-state index < -0.39 is 0 Å². The molecule has 5 nitrogen and oxygen atoms in total. The van der Waals surface area contributed by atoms with Gasteiger partial charge in [0.1, 0.15) is 5.82 Å². The zero-order valence-electron chi connectivity index (χ0n) is 11.9. The second-order valence-electron chi connectivity index (χ2n) is 4.89. The molecule has 0 spiro atoms. The Morgan fingerprint density at radius 3 is 3.11 bits per heavy atom. The van der Waals surface area contributed by atoms with Gasteiger partial charge in [0.15, 0.2) is 0 Å². The van der Waals surface area contributed by atoms with Gasteiger partial charge in [0, 0.05) is 25.8 Å². The van der Waals surface area contributed by atoms with Crippen LogP contribution in [0.1, 0.15) is 32.4 Å². The Balaban J connectivity index is 1.97. The number of aromatic nitrogens is 2. The van der Waals surface area contributed by atoms with E-state index in [2.05, 4.69) is 34.0 Å². The van der Waals surface area contributed by atoms with E-state index in [9.17, 15) is 0 Å². The molecule has 1 aliphatic heterocycles. The second-order valence-corrected chi connectivity index (χ2v) is 4.89. The maximum Gasteiger partial charge on any atom is 0.147 e. The number of anilines is 1. The molecule has 0 amide bonds. The molecule has 1 fully saturated rings. The van der Waals surface area contributed by atoms with Crippen LogP contribution in [0.3, 0.4) is 0 Å².